The van der Waals surface area contributed by atoms with Crippen LogP contribution in [0.15, 0.2) is 39.5 Å². The summed E-state index contributed by atoms with van der Waals surface area (Å²) in [6.45, 7) is 2.68. The summed E-state index contributed by atoms with van der Waals surface area (Å²) in [6, 6.07) is 8.96. The van der Waals surface area contributed by atoms with Crippen LogP contribution in [0.3, 0.4) is 0 Å². The second-order valence-corrected chi connectivity index (χ2v) is 7.45. The zero-order valence-electron chi connectivity index (χ0n) is 11.3. The van der Waals surface area contributed by atoms with E-state index in [0.29, 0.717) is 10.6 Å². The molecule has 2 rings (SSSR count). The Bertz CT molecular complexity index is 596. The van der Waals surface area contributed by atoms with E-state index in [1.54, 1.807) is 35.6 Å². The molecular weight excluding hydrogens is 358 g/mol. The number of hydrogen-bond donors (Lipinski definition) is 0. The lowest BCUT2D eigenvalue weighted by molar-refractivity contribution is 0.0862. The van der Waals surface area contributed by atoms with Crippen LogP contribution in [-0.2, 0) is 6.54 Å². The Hall–Kier alpha value is -0.680. The molecule has 5 heteroatoms. The molecule has 1 aromatic heterocycles. The van der Waals surface area contributed by atoms with Gasteiger partial charge in [-0.3, -0.25) is 9.69 Å². The van der Waals surface area contributed by atoms with E-state index in [1.165, 1.54) is 5.56 Å². The molecule has 20 heavy (non-hydrogen) atoms. The van der Waals surface area contributed by atoms with Crippen LogP contribution in [-0.4, -0.2) is 23.8 Å². The molecule has 2 aromatic rings. The summed E-state index contributed by atoms with van der Waals surface area (Å²) in [5, 5.41) is 2.74. The topological polar surface area (TPSA) is 20.3 Å². The summed E-state index contributed by atoms with van der Waals surface area (Å²) in [7, 11) is 1.96. The summed E-state index contributed by atoms with van der Waals surface area (Å²) in [5.41, 5.74) is 1.90. The fraction of sp³-hybridized carbons (Fsp3) is 0.267. The number of rotatable bonds is 5. The Morgan fingerprint density at radius 2 is 2.05 bits per heavy atom. The summed E-state index contributed by atoms with van der Waals surface area (Å²) >= 11 is 11.0. The van der Waals surface area contributed by atoms with Gasteiger partial charge in [-0.15, -0.1) is 11.3 Å². The lowest BCUT2D eigenvalue weighted by Gasteiger charge is -2.23. The van der Waals surface area contributed by atoms with Gasteiger partial charge in [-0.2, -0.15) is 0 Å². The van der Waals surface area contributed by atoms with Gasteiger partial charge < -0.3 is 0 Å². The molecule has 0 saturated heterocycles. The quantitative estimate of drug-likeness (QED) is 0.698. The second kappa shape index (κ2) is 6.85. The molecule has 0 aliphatic rings. The van der Waals surface area contributed by atoms with Crippen LogP contribution in [0.4, 0.5) is 0 Å². The number of nitrogens with zero attached hydrogens (tertiary/aromatic N) is 1. The molecule has 0 amide bonds. The van der Waals surface area contributed by atoms with Crippen LogP contribution in [0.25, 0.3) is 0 Å². The third-order valence-corrected chi connectivity index (χ3v) is 5.03. The number of benzene rings is 1. The van der Waals surface area contributed by atoms with Crippen molar-refractivity contribution < 1.29 is 4.79 Å². The van der Waals surface area contributed by atoms with Gasteiger partial charge in [0.05, 0.1) is 9.83 Å². The molecule has 1 aromatic carbocycles. The van der Waals surface area contributed by atoms with Crippen molar-refractivity contribution in [2.24, 2.45) is 0 Å². The summed E-state index contributed by atoms with van der Waals surface area (Å²) < 4.78 is 1.11. The first-order valence-electron chi connectivity index (χ1n) is 6.20. The van der Waals surface area contributed by atoms with Crippen molar-refractivity contribution in [3.63, 3.8) is 0 Å². The molecule has 1 unspecified atom stereocenters. The van der Waals surface area contributed by atoms with Crippen LogP contribution in [0.1, 0.15) is 22.8 Å². The smallest absolute Gasteiger partial charge is 0.179 e. The van der Waals surface area contributed by atoms with Gasteiger partial charge in [0.15, 0.2) is 5.78 Å². The van der Waals surface area contributed by atoms with E-state index in [1.807, 2.05) is 18.9 Å². The molecule has 0 saturated carbocycles. The zero-order chi connectivity index (χ0) is 14.7. The first-order valence-corrected chi connectivity index (χ1v) is 8.25. The van der Waals surface area contributed by atoms with Crippen molar-refractivity contribution in [1.82, 2.24) is 4.90 Å². The predicted octanol–water partition coefficient (Wildman–Crippen LogP) is 4.87. The summed E-state index contributed by atoms with van der Waals surface area (Å²) in [5.74, 6) is 0.110. The molecule has 0 aliphatic carbocycles. The number of carbonyl (C=O) groups excluding carboxylic acids is 1. The molecule has 0 N–H and O–H groups in total. The van der Waals surface area contributed by atoms with Crippen molar-refractivity contribution in [1.29, 1.82) is 0 Å². The van der Waals surface area contributed by atoms with E-state index in [-0.39, 0.29) is 11.8 Å². The number of halogens is 2. The summed E-state index contributed by atoms with van der Waals surface area (Å²) in [6.07, 6.45) is 0. The number of ketones is 1. The third-order valence-electron chi connectivity index (χ3n) is 3.22. The average molecular weight is 373 g/mol. The fourth-order valence-corrected chi connectivity index (χ4v) is 3.24. The van der Waals surface area contributed by atoms with Gasteiger partial charge >= 0.3 is 0 Å². The van der Waals surface area contributed by atoms with Crippen LogP contribution in [0.5, 0.6) is 0 Å². The molecular formula is C15H15BrClNOS. The SMILES string of the molecule is CC(C(=O)c1ccc(Cl)cc1)N(C)Cc1csc(Br)c1. The van der Waals surface area contributed by atoms with Gasteiger partial charge in [-0.05, 0) is 71.2 Å². The van der Waals surface area contributed by atoms with Crippen molar-refractivity contribution in [3.8, 4) is 0 Å². The van der Waals surface area contributed by atoms with Gasteiger partial charge in [0, 0.05) is 17.1 Å². The Balaban J connectivity index is 2.04. The molecule has 1 atom stereocenters. The summed E-state index contributed by atoms with van der Waals surface area (Å²) in [4.78, 5) is 14.4. The zero-order valence-corrected chi connectivity index (χ0v) is 14.4. The van der Waals surface area contributed by atoms with Gasteiger partial charge in [0.25, 0.3) is 0 Å². The van der Waals surface area contributed by atoms with Crippen LogP contribution in [0.2, 0.25) is 5.02 Å². The largest absolute Gasteiger partial charge is 0.292 e. The lowest BCUT2D eigenvalue weighted by atomic mass is 10.0. The van der Waals surface area contributed by atoms with E-state index < -0.39 is 0 Å². The Labute approximate surface area is 136 Å². The maximum atomic E-state index is 12.4. The average Bonchev–Trinajstić information content (AvgIpc) is 2.83. The maximum absolute atomic E-state index is 12.4. The minimum absolute atomic E-state index is 0.110. The molecule has 106 valence electrons. The highest BCUT2D eigenvalue weighted by Gasteiger charge is 2.19. The standard InChI is InChI=1S/C15H15BrClNOS/c1-10(15(19)12-3-5-13(17)6-4-12)18(2)8-11-7-14(16)20-9-11/h3-7,9-10H,8H2,1-2H3. The van der Waals surface area contributed by atoms with E-state index >= 15 is 0 Å². The van der Waals surface area contributed by atoms with E-state index in [2.05, 4.69) is 27.4 Å². The van der Waals surface area contributed by atoms with Crippen molar-refractivity contribution in [2.45, 2.75) is 19.5 Å². The number of carbonyl (C=O) groups is 1. The van der Waals surface area contributed by atoms with Gasteiger partial charge in [-0.25, -0.2) is 0 Å². The van der Waals surface area contributed by atoms with Crippen LogP contribution in [0, 0.1) is 0 Å². The molecule has 0 radical (unpaired) electrons. The fourth-order valence-electron chi connectivity index (χ4n) is 1.91. The van der Waals surface area contributed by atoms with Gasteiger partial charge in [0.2, 0.25) is 0 Å². The highest BCUT2D eigenvalue weighted by atomic mass is 79.9. The monoisotopic (exact) mass is 371 g/mol. The Kier molecular flexibility index (Phi) is 5.38. The number of hydrogen-bond acceptors (Lipinski definition) is 3. The molecule has 0 fully saturated rings. The number of likely N-dealkylation sites (N-methyl/N-ethyl adjacent to an activating group) is 1. The Morgan fingerprint density at radius 1 is 1.40 bits per heavy atom. The first kappa shape index (κ1) is 15.7. The van der Waals surface area contributed by atoms with E-state index in [0.717, 1.165) is 10.3 Å². The van der Waals surface area contributed by atoms with Crippen molar-refractivity contribution in [2.75, 3.05) is 7.05 Å². The third kappa shape index (κ3) is 3.92. The van der Waals surface area contributed by atoms with Crippen molar-refractivity contribution >= 4 is 44.7 Å². The highest BCUT2D eigenvalue weighted by molar-refractivity contribution is 9.11. The van der Waals surface area contributed by atoms with Crippen LogP contribution < -0.4 is 0 Å². The highest BCUT2D eigenvalue weighted by Crippen LogP contribution is 2.22. The molecule has 0 aliphatic heterocycles. The lowest BCUT2D eigenvalue weighted by Crippen LogP contribution is -2.35. The van der Waals surface area contributed by atoms with Gasteiger partial charge in [-0.1, -0.05) is 11.6 Å². The van der Waals surface area contributed by atoms with Gasteiger partial charge in [0.1, 0.15) is 0 Å². The normalized spacial score (nSPS) is 12.7. The molecule has 2 nitrogen and oxygen atoms in total. The Morgan fingerprint density at radius 3 is 2.60 bits per heavy atom. The minimum Gasteiger partial charge on any atom is -0.292 e. The predicted molar refractivity (Wildman–Crippen MR) is 88.7 cm³/mol. The molecule has 1 heterocycles. The first-order chi connectivity index (χ1) is 9.47. The van der Waals surface area contributed by atoms with E-state index in [4.69, 9.17) is 11.6 Å². The maximum Gasteiger partial charge on any atom is 0.179 e. The minimum atomic E-state index is -0.171. The number of Topliss-reactive ketones (excluding diaryl/α,β-unsaturated/α-hetero) is 1. The van der Waals surface area contributed by atoms with Crippen molar-refractivity contribution in [3.05, 3.63) is 55.6 Å². The number of thiophene rings is 1. The van der Waals surface area contributed by atoms with E-state index in [9.17, 15) is 4.79 Å². The molecule has 0 spiro atoms. The second-order valence-electron chi connectivity index (χ2n) is 4.72. The van der Waals surface area contributed by atoms with Crippen LogP contribution >= 0.6 is 38.9 Å². The molecule has 0 bridgehead atoms.